The minimum Gasteiger partial charge on any atom is -0.493 e. The van der Waals surface area contributed by atoms with E-state index in [0.717, 1.165) is 16.9 Å². The van der Waals surface area contributed by atoms with Crippen LogP contribution < -0.4 is 14.2 Å². The van der Waals surface area contributed by atoms with E-state index in [1.54, 1.807) is 26.4 Å². The minimum absolute atomic E-state index is 0.160. The number of halogens is 1. The van der Waals surface area contributed by atoms with Gasteiger partial charge >= 0.3 is 0 Å². The molecule has 5 nitrogen and oxygen atoms in total. The van der Waals surface area contributed by atoms with Gasteiger partial charge in [0.2, 0.25) is 0 Å². The summed E-state index contributed by atoms with van der Waals surface area (Å²) in [5.41, 5.74) is 2.76. The highest BCUT2D eigenvalue weighted by Crippen LogP contribution is 2.28. The van der Waals surface area contributed by atoms with Crippen molar-refractivity contribution in [3.8, 4) is 17.2 Å². The van der Waals surface area contributed by atoms with E-state index in [-0.39, 0.29) is 12.4 Å². The van der Waals surface area contributed by atoms with Crippen molar-refractivity contribution < 1.29 is 23.7 Å². The molecule has 0 radical (unpaired) electrons. The number of aryl methyl sites for hydroxylation is 1. The number of hydrogen-bond donors (Lipinski definition) is 1. The van der Waals surface area contributed by atoms with Crippen LogP contribution in [-0.4, -0.2) is 50.0 Å². The summed E-state index contributed by atoms with van der Waals surface area (Å²) < 4.78 is 30.8. The summed E-state index contributed by atoms with van der Waals surface area (Å²) in [5.74, 6) is 1.81. The Balaban J connectivity index is 1.66. The van der Waals surface area contributed by atoms with Crippen molar-refractivity contribution in [2.24, 2.45) is 0 Å². The molecule has 176 valence electrons. The number of benzene rings is 3. The van der Waals surface area contributed by atoms with Crippen molar-refractivity contribution in [2.75, 3.05) is 33.9 Å². The lowest BCUT2D eigenvalue weighted by atomic mass is 10.1. The maximum absolute atomic E-state index is 14.3. The summed E-state index contributed by atoms with van der Waals surface area (Å²) in [6, 6.07) is 20.2. The fraction of sp³-hybridized carbons (Fsp3) is 0.333. The van der Waals surface area contributed by atoms with E-state index in [1.807, 2.05) is 60.4 Å². The van der Waals surface area contributed by atoms with E-state index in [4.69, 9.17) is 14.2 Å². The number of methoxy groups -OCH3 is 2. The standard InChI is InChI=1S/C27H32FNO4/c1-20-7-6-9-24(15-20)33-19-23(30)18-29(17-22-8-4-5-10-25(22)28)14-13-21-11-12-26(31-2)27(16-21)32-3/h4-12,15-16,23,30H,13-14,17-19H2,1-3H3. The monoisotopic (exact) mass is 453 g/mol. The van der Waals surface area contributed by atoms with Gasteiger partial charge in [0.25, 0.3) is 0 Å². The lowest BCUT2D eigenvalue weighted by Gasteiger charge is -2.25. The summed E-state index contributed by atoms with van der Waals surface area (Å²) >= 11 is 0. The van der Waals surface area contributed by atoms with Gasteiger partial charge < -0.3 is 19.3 Å². The molecular weight excluding hydrogens is 421 g/mol. The third kappa shape index (κ3) is 7.48. The Morgan fingerprint density at radius 1 is 0.939 bits per heavy atom. The van der Waals surface area contributed by atoms with Crippen LogP contribution in [0.3, 0.4) is 0 Å². The van der Waals surface area contributed by atoms with Crippen molar-refractivity contribution in [2.45, 2.75) is 26.0 Å². The van der Waals surface area contributed by atoms with Gasteiger partial charge in [0, 0.05) is 25.2 Å². The zero-order valence-corrected chi connectivity index (χ0v) is 19.5. The molecule has 0 saturated carbocycles. The van der Waals surface area contributed by atoms with Crippen LogP contribution in [0.25, 0.3) is 0 Å². The van der Waals surface area contributed by atoms with Crippen molar-refractivity contribution in [3.63, 3.8) is 0 Å². The largest absolute Gasteiger partial charge is 0.493 e. The van der Waals surface area contributed by atoms with Gasteiger partial charge in [0.15, 0.2) is 11.5 Å². The summed E-state index contributed by atoms with van der Waals surface area (Å²) in [4.78, 5) is 2.04. The highest BCUT2D eigenvalue weighted by molar-refractivity contribution is 5.43. The van der Waals surface area contributed by atoms with E-state index in [0.29, 0.717) is 43.1 Å². The number of aliphatic hydroxyl groups excluding tert-OH is 1. The molecule has 33 heavy (non-hydrogen) atoms. The Morgan fingerprint density at radius 2 is 1.73 bits per heavy atom. The lowest BCUT2D eigenvalue weighted by molar-refractivity contribution is 0.0655. The highest BCUT2D eigenvalue weighted by atomic mass is 19.1. The first-order valence-electron chi connectivity index (χ1n) is 11.0. The Bertz CT molecular complexity index is 1030. The molecule has 6 heteroatoms. The molecule has 3 aromatic rings. The molecule has 0 fully saturated rings. The Kier molecular flexibility index (Phi) is 9.10. The molecular formula is C27H32FNO4. The van der Waals surface area contributed by atoms with Gasteiger partial charge in [-0.05, 0) is 54.8 Å². The van der Waals surface area contributed by atoms with Crippen molar-refractivity contribution in [1.82, 2.24) is 4.90 Å². The van der Waals surface area contributed by atoms with Crippen molar-refractivity contribution in [3.05, 3.63) is 89.2 Å². The van der Waals surface area contributed by atoms with Gasteiger partial charge in [0.05, 0.1) is 14.2 Å². The van der Waals surface area contributed by atoms with Crippen LogP contribution in [0.4, 0.5) is 4.39 Å². The van der Waals surface area contributed by atoms with Gasteiger partial charge in [-0.25, -0.2) is 4.39 Å². The van der Waals surface area contributed by atoms with E-state index in [9.17, 15) is 9.50 Å². The SMILES string of the molecule is COc1ccc(CCN(Cc2ccccc2F)CC(O)COc2cccc(C)c2)cc1OC. The summed E-state index contributed by atoms with van der Waals surface area (Å²) in [5, 5.41) is 10.6. The van der Waals surface area contributed by atoms with Gasteiger partial charge in [-0.3, -0.25) is 4.90 Å². The van der Waals surface area contributed by atoms with Gasteiger partial charge in [0.1, 0.15) is 24.3 Å². The maximum atomic E-state index is 14.3. The molecule has 1 unspecified atom stereocenters. The molecule has 1 atom stereocenters. The number of nitrogens with zero attached hydrogens (tertiary/aromatic N) is 1. The molecule has 0 saturated heterocycles. The van der Waals surface area contributed by atoms with Crippen molar-refractivity contribution >= 4 is 0 Å². The predicted octanol–water partition coefficient (Wildman–Crippen LogP) is 4.64. The topological polar surface area (TPSA) is 51.2 Å². The predicted molar refractivity (Wildman–Crippen MR) is 128 cm³/mol. The molecule has 3 rings (SSSR count). The first-order chi connectivity index (χ1) is 16.0. The average molecular weight is 454 g/mol. The van der Waals surface area contributed by atoms with E-state index < -0.39 is 6.10 Å². The number of rotatable bonds is 12. The highest BCUT2D eigenvalue weighted by Gasteiger charge is 2.16. The maximum Gasteiger partial charge on any atom is 0.160 e. The van der Waals surface area contributed by atoms with Crippen LogP contribution in [0.5, 0.6) is 17.2 Å². The van der Waals surface area contributed by atoms with E-state index >= 15 is 0 Å². The molecule has 3 aromatic carbocycles. The quantitative estimate of drug-likeness (QED) is 0.433. The van der Waals surface area contributed by atoms with Crippen LogP contribution in [0.1, 0.15) is 16.7 Å². The molecule has 0 aromatic heterocycles. The molecule has 0 aliphatic rings. The third-order valence-electron chi connectivity index (χ3n) is 5.42. The minimum atomic E-state index is -0.720. The number of hydrogen-bond acceptors (Lipinski definition) is 5. The normalized spacial score (nSPS) is 11.9. The summed E-state index contributed by atoms with van der Waals surface area (Å²) in [7, 11) is 3.21. The number of ether oxygens (including phenoxy) is 3. The molecule has 0 aliphatic carbocycles. The zero-order chi connectivity index (χ0) is 23.6. The van der Waals surface area contributed by atoms with Crippen LogP contribution in [0, 0.1) is 12.7 Å². The van der Waals surface area contributed by atoms with Gasteiger partial charge in [-0.2, -0.15) is 0 Å². The second-order valence-corrected chi connectivity index (χ2v) is 8.05. The second-order valence-electron chi connectivity index (χ2n) is 8.05. The van der Waals surface area contributed by atoms with Crippen LogP contribution in [0.2, 0.25) is 0 Å². The van der Waals surface area contributed by atoms with Crippen LogP contribution in [0.15, 0.2) is 66.7 Å². The number of aliphatic hydroxyl groups is 1. The average Bonchev–Trinajstić information content (AvgIpc) is 2.82. The second kappa shape index (κ2) is 12.2. The summed E-state index contributed by atoms with van der Waals surface area (Å²) in [6.45, 7) is 3.53. The molecule has 0 amide bonds. The fourth-order valence-corrected chi connectivity index (χ4v) is 3.67. The molecule has 0 heterocycles. The molecule has 1 N–H and O–H groups in total. The van der Waals surface area contributed by atoms with E-state index in [1.165, 1.54) is 6.07 Å². The van der Waals surface area contributed by atoms with Crippen LogP contribution >= 0.6 is 0 Å². The fourth-order valence-electron chi connectivity index (χ4n) is 3.67. The molecule has 0 spiro atoms. The first-order valence-corrected chi connectivity index (χ1v) is 11.0. The zero-order valence-electron chi connectivity index (χ0n) is 19.5. The Morgan fingerprint density at radius 3 is 2.45 bits per heavy atom. The Hall–Kier alpha value is -3.09. The molecule has 0 bridgehead atoms. The van der Waals surface area contributed by atoms with Gasteiger partial charge in [-0.15, -0.1) is 0 Å². The van der Waals surface area contributed by atoms with E-state index in [2.05, 4.69) is 0 Å². The third-order valence-corrected chi connectivity index (χ3v) is 5.42. The van der Waals surface area contributed by atoms with Crippen molar-refractivity contribution in [1.29, 1.82) is 0 Å². The first kappa shape index (κ1) is 24.6. The lowest BCUT2D eigenvalue weighted by Crippen LogP contribution is -2.36. The smallest absolute Gasteiger partial charge is 0.160 e. The Labute approximate surface area is 195 Å². The van der Waals surface area contributed by atoms with Crippen LogP contribution in [-0.2, 0) is 13.0 Å². The molecule has 0 aliphatic heterocycles. The summed E-state index contributed by atoms with van der Waals surface area (Å²) in [6.07, 6.45) is -0.0111. The van der Waals surface area contributed by atoms with Gasteiger partial charge in [-0.1, -0.05) is 36.4 Å².